The van der Waals surface area contributed by atoms with Gasteiger partial charge in [-0.1, -0.05) is 34.8 Å². The number of alkyl halides is 3. The summed E-state index contributed by atoms with van der Waals surface area (Å²) in [7, 11) is 1.87. The van der Waals surface area contributed by atoms with Crippen molar-refractivity contribution in [2.45, 2.75) is 73.2 Å². The van der Waals surface area contributed by atoms with E-state index in [0.717, 1.165) is 6.07 Å². The summed E-state index contributed by atoms with van der Waals surface area (Å²) in [5.74, 6) is 1.73. The van der Waals surface area contributed by atoms with Crippen LogP contribution < -0.4 is 15.0 Å². The van der Waals surface area contributed by atoms with Crippen LogP contribution in [-0.2, 0) is 17.4 Å². The zero-order valence-corrected chi connectivity index (χ0v) is 19.9. The van der Waals surface area contributed by atoms with Crippen LogP contribution in [0, 0.1) is 18.8 Å². The minimum atomic E-state index is -4.50. The highest BCUT2D eigenvalue weighted by Crippen LogP contribution is 2.37. The molecule has 1 aliphatic carbocycles. The molecule has 1 fully saturated rings. The van der Waals surface area contributed by atoms with Crippen LogP contribution in [0.1, 0.15) is 58.8 Å². The number of pyridine rings is 1. The minimum Gasteiger partial charge on any atom is -0.474 e. The number of carbonyl (C=O) groups is 1. The van der Waals surface area contributed by atoms with Crippen molar-refractivity contribution in [2.24, 2.45) is 11.8 Å². The highest BCUT2D eigenvalue weighted by molar-refractivity contribution is 7.59. The summed E-state index contributed by atoms with van der Waals surface area (Å²) < 4.78 is 44.1. The second-order valence-electron chi connectivity index (χ2n) is 8.85. The van der Waals surface area contributed by atoms with Gasteiger partial charge in [0.25, 0.3) is 0 Å². The molecule has 1 atom stereocenters. The smallest absolute Gasteiger partial charge is 0.433 e. The van der Waals surface area contributed by atoms with Crippen LogP contribution in [0.4, 0.5) is 24.7 Å². The largest absolute Gasteiger partial charge is 0.474 e. The number of carbonyl (C=O) groups excluding carboxylic acids is 1. The normalized spacial score (nSPS) is 21.0. The Morgan fingerprint density at radius 2 is 1.83 bits per heavy atom. The van der Waals surface area contributed by atoms with Crippen molar-refractivity contribution in [3.05, 3.63) is 35.4 Å². The Labute approximate surface area is 212 Å². The van der Waals surface area contributed by atoms with Gasteiger partial charge in [0.15, 0.2) is 5.82 Å². The Morgan fingerprint density at radius 3 is 2.43 bits per heavy atom. The molecule has 11 heteroatoms. The SMILES string of the molecule is C.C.Cc1nc(CC2CC(Oc3cccc(C(F)(F)F)n3)C2)nc2c1NC(=O)[C@H](C(C)C)N2C.S. The molecular formula is C24H36F3N5O2S. The van der Waals surface area contributed by atoms with Gasteiger partial charge < -0.3 is 15.0 Å². The Hall–Kier alpha value is -2.56. The molecule has 2 aliphatic rings. The molecular weight excluding hydrogens is 479 g/mol. The van der Waals surface area contributed by atoms with E-state index in [9.17, 15) is 18.0 Å². The minimum absolute atomic E-state index is 0. The van der Waals surface area contributed by atoms with E-state index in [1.54, 1.807) is 0 Å². The number of ether oxygens (including phenoxy) is 1. The van der Waals surface area contributed by atoms with Crippen molar-refractivity contribution < 1.29 is 22.7 Å². The molecule has 1 amide bonds. The number of hydrogen-bond acceptors (Lipinski definition) is 6. The molecule has 0 unspecified atom stereocenters. The first-order chi connectivity index (χ1) is 15.0. The number of aromatic nitrogens is 3. The van der Waals surface area contributed by atoms with Gasteiger partial charge in [-0.05, 0) is 37.7 Å². The van der Waals surface area contributed by atoms with Crippen LogP contribution in [0.3, 0.4) is 0 Å². The fourth-order valence-corrected chi connectivity index (χ4v) is 4.37. The summed E-state index contributed by atoms with van der Waals surface area (Å²) >= 11 is 0. The van der Waals surface area contributed by atoms with Crippen molar-refractivity contribution in [1.29, 1.82) is 0 Å². The van der Waals surface area contributed by atoms with Crippen molar-refractivity contribution in [3.8, 4) is 5.88 Å². The van der Waals surface area contributed by atoms with E-state index in [2.05, 4.69) is 15.3 Å². The van der Waals surface area contributed by atoms with Gasteiger partial charge in [-0.25, -0.2) is 15.0 Å². The lowest BCUT2D eigenvalue weighted by molar-refractivity contribution is -0.141. The first kappa shape index (κ1) is 30.5. The topological polar surface area (TPSA) is 80.2 Å². The van der Waals surface area contributed by atoms with E-state index in [0.29, 0.717) is 42.3 Å². The molecule has 0 saturated heterocycles. The van der Waals surface area contributed by atoms with Crippen molar-refractivity contribution in [2.75, 3.05) is 17.3 Å². The van der Waals surface area contributed by atoms with Gasteiger partial charge in [0.1, 0.15) is 29.4 Å². The van der Waals surface area contributed by atoms with E-state index in [-0.39, 0.29) is 64.1 Å². The Balaban J connectivity index is 0.00000204. The number of anilines is 2. The predicted molar refractivity (Wildman–Crippen MR) is 136 cm³/mol. The summed E-state index contributed by atoms with van der Waals surface area (Å²) in [6.07, 6.45) is -2.65. The molecule has 2 aromatic rings. The highest BCUT2D eigenvalue weighted by atomic mass is 32.1. The monoisotopic (exact) mass is 515 g/mol. The van der Waals surface area contributed by atoms with Crippen LogP contribution in [0.2, 0.25) is 0 Å². The molecule has 1 aliphatic heterocycles. The average Bonchev–Trinajstić information content (AvgIpc) is 2.66. The Morgan fingerprint density at radius 1 is 1.17 bits per heavy atom. The zero-order chi connectivity index (χ0) is 23.2. The van der Waals surface area contributed by atoms with E-state index in [4.69, 9.17) is 9.72 Å². The maximum absolute atomic E-state index is 12.8. The van der Waals surface area contributed by atoms with Crippen LogP contribution in [0.15, 0.2) is 18.2 Å². The molecule has 1 saturated carbocycles. The summed E-state index contributed by atoms with van der Waals surface area (Å²) in [5, 5.41) is 2.94. The molecule has 4 rings (SSSR count). The Kier molecular flexibility index (Phi) is 9.97. The summed E-state index contributed by atoms with van der Waals surface area (Å²) in [6, 6.07) is 3.36. The highest BCUT2D eigenvalue weighted by Gasteiger charge is 2.37. The molecule has 0 bridgehead atoms. The maximum Gasteiger partial charge on any atom is 0.433 e. The molecule has 0 spiro atoms. The molecule has 1 N–H and O–H groups in total. The van der Waals surface area contributed by atoms with Crippen molar-refractivity contribution >= 4 is 30.9 Å². The third-order valence-corrected chi connectivity index (χ3v) is 5.98. The van der Waals surface area contributed by atoms with Gasteiger partial charge in [0.05, 0.1) is 5.69 Å². The molecule has 0 aromatic carbocycles. The third kappa shape index (κ3) is 6.36. The number of hydrogen-bond donors (Lipinski definition) is 1. The fraction of sp³-hybridized carbons (Fsp3) is 0.583. The lowest BCUT2D eigenvalue weighted by Crippen LogP contribution is -2.50. The van der Waals surface area contributed by atoms with Crippen LogP contribution in [0.25, 0.3) is 0 Å². The van der Waals surface area contributed by atoms with E-state index in [1.807, 2.05) is 32.7 Å². The summed E-state index contributed by atoms with van der Waals surface area (Å²) in [5.41, 5.74) is 0.399. The number of likely N-dealkylation sites (N-methyl/N-ethyl adjacent to an activating group) is 1. The lowest BCUT2D eigenvalue weighted by atomic mass is 9.80. The van der Waals surface area contributed by atoms with E-state index < -0.39 is 11.9 Å². The number of nitrogens with zero attached hydrogens (tertiary/aromatic N) is 4. The van der Waals surface area contributed by atoms with Crippen molar-refractivity contribution in [1.82, 2.24) is 15.0 Å². The van der Waals surface area contributed by atoms with E-state index >= 15 is 0 Å². The fourth-order valence-electron chi connectivity index (χ4n) is 4.37. The van der Waals surface area contributed by atoms with Gasteiger partial charge in [0, 0.05) is 19.5 Å². The van der Waals surface area contributed by atoms with E-state index in [1.165, 1.54) is 12.1 Å². The van der Waals surface area contributed by atoms with Gasteiger partial charge in [0.2, 0.25) is 11.8 Å². The molecule has 35 heavy (non-hydrogen) atoms. The summed E-state index contributed by atoms with van der Waals surface area (Å²) in [4.78, 5) is 27.2. The third-order valence-electron chi connectivity index (χ3n) is 5.98. The van der Waals surface area contributed by atoms with Crippen molar-refractivity contribution in [3.63, 3.8) is 0 Å². The quantitative estimate of drug-likeness (QED) is 0.575. The van der Waals surface area contributed by atoms with Gasteiger partial charge in [-0.15, -0.1) is 0 Å². The van der Waals surface area contributed by atoms with Gasteiger partial charge >= 0.3 is 6.18 Å². The molecule has 196 valence electrons. The average molecular weight is 516 g/mol. The first-order valence-electron chi connectivity index (χ1n) is 10.6. The standard InChI is InChI=1S/C22H26F3N5O2.2CH4.H2S/c1-11(2)19-21(31)29-18-12(3)26-16(28-20(18)30(19)4)10-13-8-14(9-13)32-17-7-5-6-15(27-17)22(23,24)25;;;/h5-7,11,13-14,19H,8-10H2,1-4H3,(H,29,31);2*1H4;1H2/t13?,14?,19-;;;/m0.../s1. The second-order valence-corrected chi connectivity index (χ2v) is 8.85. The summed E-state index contributed by atoms with van der Waals surface area (Å²) in [6.45, 7) is 5.84. The number of fused-ring (bicyclic) bond motifs is 1. The molecule has 3 heterocycles. The van der Waals surface area contributed by atoms with Gasteiger partial charge in [-0.2, -0.15) is 26.7 Å². The predicted octanol–water partition coefficient (Wildman–Crippen LogP) is 5.40. The lowest BCUT2D eigenvalue weighted by Gasteiger charge is -2.37. The number of aryl methyl sites for hydroxylation is 1. The molecule has 0 radical (unpaired) electrons. The molecule has 7 nitrogen and oxygen atoms in total. The number of halogens is 3. The first-order valence-corrected chi connectivity index (χ1v) is 10.6. The van der Waals surface area contributed by atoms with Crippen LogP contribution in [-0.4, -0.2) is 40.1 Å². The second kappa shape index (κ2) is 11.5. The maximum atomic E-state index is 12.8. The Bertz CT molecular complexity index is 1030. The van der Waals surface area contributed by atoms with Gasteiger partial charge in [-0.3, -0.25) is 4.79 Å². The molecule has 2 aromatic heterocycles. The number of rotatable bonds is 5. The van der Waals surface area contributed by atoms with Crippen LogP contribution in [0.5, 0.6) is 5.88 Å². The zero-order valence-electron chi connectivity index (χ0n) is 18.9. The number of nitrogens with one attached hydrogen (secondary N) is 1. The van der Waals surface area contributed by atoms with Crippen LogP contribution >= 0.6 is 13.5 Å². The number of amides is 1.